The molecule has 0 radical (unpaired) electrons. The minimum Gasteiger partial charge on any atom is -0.477 e. The van der Waals surface area contributed by atoms with Gasteiger partial charge in [-0.2, -0.15) is 0 Å². The van der Waals surface area contributed by atoms with Gasteiger partial charge in [-0.25, -0.2) is 9.78 Å². The molecule has 0 atom stereocenters. The molecule has 5 nitrogen and oxygen atoms in total. The topological polar surface area (TPSA) is 59.5 Å². The Hall–Kier alpha value is -2.30. The van der Waals surface area contributed by atoms with E-state index < -0.39 is 5.97 Å². The Kier molecular flexibility index (Phi) is 2.45. The Morgan fingerprint density at radius 1 is 1.30 bits per heavy atom. The van der Waals surface area contributed by atoms with Gasteiger partial charge in [-0.1, -0.05) is 32.9 Å². The van der Waals surface area contributed by atoms with Crippen molar-refractivity contribution in [2.24, 2.45) is 7.05 Å². The van der Waals surface area contributed by atoms with E-state index in [0.717, 1.165) is 16.6 Å². The number of hydrogen-bond acceptors (Lipinski definition) is 2. The van der Waals surface area contributed by atoms with E-state index in [-0.39, 0.29) is 11.1 Å². The predicted octanol–water partition coefficient (Wildman–Crippen LogP) is 2.82. The van der Waals surface area contributed by atoms with Crippen LogP contribution in [0, 0.1) is 0 Å². The zero-order valence-corrected chi connectivity index (χ0v) is 12.0. The van der Waals surface area contributed by atoms with Crippen molar-refractivity contribution in [3.63, 3.8) is 0 Å². The van der Waals surface area contributed by atoms with Crippen LogP contribution >= 0.6 is 0 Å². The van der Waals surface area contributed by atoms with Gasteiger partial charge in [0.2, 0.25) is 5.78 Å². The molecule has 5 heteroatoms. The molecule has 0 spiro atoms. The standard InChI is InChI=1S/C15H17N3O2/c1-15(2,3)9-6-5-7-10-12(9)16-14-17(4)11(13(19)20)8-18(10)14/h5-8H,1-4H3,(H,19,20). The first-order valence-corrected chi connectivity index (χ1v) is 6.51. The lowest BCUT2D eigenvalue weighted by Gasteiger charge is -2.19. The van der Waals surface area contributed by atoms with Gasteiger partial charge in [0, 0.05) is 13.2 Å². The summed E-state index contributed by atoms with van der Waals surface area (Å²) >= 11 is 0. The monoisotopic (exact) mass is 271 g/mol. The number of carboxylic acid groups (broad SMARTS) is 1. The number of aromatic nitrogens is 3. The zero-order chi connectivity index (χ0) is 14.7. The fraction of sp³-hybridized carbons (Fsp3) is 0.333. The first-order chi connectivity index (χ1) is 9.30. The molecule has 0 saturated heterocycles. The highest BCUT2D eigenvalue weighted by molar-refractivity contribution is 5.89. The number of carboxylic acids is 1. The second-order valence-corrected chi connectivity index (χ2v) is 6.08. The van der Waals surface area contributed by atoms with Gasteiger partial charge >= 0.3 is 5.97 Å². The number of aromatic carboxylic acids is 1. The van der Waals surface area contributed by atoms with E-state index >= 15 is 0 Å². The van der Waals surface area contributed by atoms with Crippen molar-refractivity contribution in [1.29, 1.82) is 0 Å². The van der Waals surface area contributed by atoms with Crippen molar-refractivity contribution in [2.45, 2.75) is 26.2 Å². The number of nitrogens with zero attached hydrogens (tertiary/aromatic N) is 3. The van der Waals surface area contributed by atoms with E-state index in [2.05, 4.69) is 31.8 Å². The normalized spacial score (nSPS) is 12.4. The van der Waals surface area contributed by atoms with Crippen molar-refractivity contribution in [3.8, 4) is 0 Å². The molecule has 0 saturated carbocycles. The van der Waals surface area contributed by atoms with Gasteiger partial charge in [0.15, 0.2) is 0 Å². The van der Waals surface area contributed by atoms with Crippen LogP contribution in [0.3, 0.4) is 0 Å². The van der Waals surface area contributed by atoms with Crippen LogP contribution < -0.4 is 0 Å². The van der Waals surface area contributed by atoms with E-state index in [9.17, 15) is 9.90 Å². The number of imidazole rings is 2. The maximum atomic E-state index is 11.2. The number of carbonyl (C=O) groups is 1. The van der Waals surface area contributed by atoms with Gasteiger partial charge in [-0.3, -0.25) is 4.40 Å². The molecular formula is C15H17N3O2. The molecule has 104 valence electrons. The summed E-state index contributed by atoms with van der Waals surface area (Å²) in [6.45, 7) is 6.44. The smallest absolute Gasteiger partial charge is 0.354 e. The predicted molar refractivity (Wildman–Crippen MR) is 77.3 cm³/mol. The Morgan fingerprint density at radius 2 is 2.00 bits per heavy atom. The molecule has 20 heavy (non-hydrogen) atoms. The highest BCUT2D eigenvalue weighted by Gasteiger charge is 2.22. The lowest BCUT2D eigenvalue weighted by Crippen LogP contribution is -2.11. The van der Waals surface area contributed by atoms with Crippen LogP contribution in [0.4, 0.5) is 0 Å². The summed E-state index contributed by atoms with van der Waals surface area (Å²) in [4.78, 5) is 15.8. The van der Waals surface area contributed by atoms with Crippen molar-refractivity contribution < 1.29 is 9.90 Å². The van der Waals surface area contributed by atoms with Crippen LogP contribution in [0.2, 0.25) is 0 Å². The maximum Gasteiger partial charge on any atom is 0.354 e. The number of hydrogen-bond donors (Lipinski definition) is 1. The zero-order valence-electron chi connectivity index (χ0n) is 12.0. The number of aryl methyl sites for hydroxylation is 1. The Balaban J connectivity index is 2.42. The van der Waals surface area contributed by atoms with Gasteiger partial charge < -0.3 is 9.67 Å². The number of fused-ring (bicyclic) bond motifs is 3. The summed E-state index contributed by atoms with van der Waals surface area (Å²) in [5.74, 6) is -0.299. The van der Waals surface area contributed by atoms with Crippen molar-refractivity contribution in [3.05, 3.63) is 35.7 Å². The second kappa shape index (κ2) is 3.85. The minimum atomic E-state index is -0.946. The van der Waals surface area contributed by atoms with Crippen LogP contribution in [0.15, 0.2) is 24.4 Å². The number of rotatable bonds is 1. The van der Waals surface area contributed by atoms with Crippen LogP contribution in [0.5, 0.6) is 0 Å². The molecule has 2 heterocycles. The summed E-state index contributed by atoms with van der Waals surface area (Å²) in [5.41, 5.74) is 3.26. The molecule has 0 unspecified atom stereocenters. The third-order valence-electron chi connectivity index (χ3n) is 3.64. The van der Waals surface area contributed by atoms with Crippen molar-refractivity contribution >= 4 is 22.8 Å². The van der Waals surface area contributed by atoms with E-state index in [0.29, 0.717) is 5.78 Å². The van der Waals surface area contributed by atoms with Gasteiger partial charge in [0.25, 0.3) is 0 Å². The van der Waals surface area contributed by atoms with Gasteiger partial charge in [-0.15, -0.1) is 0 Å². The third kappa shape index (κ3) is 1.62. The minimum absolute atomic E-state index is 0.00687. The van der Waals surface area contributed by atoms with Crippen LogP contribution in [0.25, 0.3) is 16.8 Å². The van der Waals surface area contributed by atoms with Crippen LogP contribution in [-0.2, 0) is 12.5 Å². The molecule has 0 bridgehead atoms. The van der Waals surface area contributed by atoms with Crippen LogP contribution in [-0.4, -0.2) is 25.0 Å². The first kappa shape index (κ1) is 12.7. The molecular weight excluding hydrogens is 254 g/mol. The van der Waals surface area contributed by atoms with Crippen molar-refractivity contribution in [1.82, 2.24) is 14.0 Å². The number of para-hydroxylation sites is 1. The Labute approximate surface area is 116 Å². The third-order valence-corrected chi connectivity index (χ3v) is 3.64. The average molecular weight is 271 g/mol. The molecule has 1 N–H and O–H groups in total. The number of benzene rings is 1. The van der Waals surface area contributed by atoms with Gasteiger partial charge in [0.1, 0.15) is 5.69 Å². The molecule has 0 aliphatic rings. The molecule has 0 aliphatic heterocycles. The Bertz CT molecular complexity index is 834. The maximum absolute atomic E-state index is 11.2. The summed E-state index contributed by atoms with van der Waals surface area (Å²) in [7, 11) is 1.72. The fourth-order valence-corrected chi connectivity index (χ4v) is 2.59. The summed E-state index contributed by atoms with van der Waals surface area (Å²) in [5, 5.41) is 9.18. The largest absolute Gasteiger partial charge is 0.477 e. The summed E-state index contributed by atoms with van der Waals surface area (Å²) < 4.78 is 3.45. The van der Waals surface area contributed by atoms with Gasteiger partial charge in [-0.05, 0) is 17.0 Å². The molecule has 3 rings (SSSR count). The molecule has 0 amide bonds. The lowest BCUT2D eigenvalue weighted by atomic mass is 9.86. The highest BCUT2D eigenvalue weighted by atomic mass is 16.4. The molecule has 0 fully saturated rings. The van der Waals surface area contributed by atoms with E-state index in [1.54, 1.807) is 17.8 Å². The average Bonchev–Trinajstić information content (AvgIpc) is 2.85. The molecule has 3 aromatic rings. The molecule has 2 aromatic heterocycles. The Morgan fingerprint density at radius 3 is 2.60 bits per heavy atom. The highest BCUT2D eigenvalue weighted by Crippen LogP contribution is 2.30. The van der Waals surface area contributed by atoms with E-state index in [1.807, 2.05) is 16.5 Å². The first-order valence-electron chi connectivity index (χ1n) is 6.51. The van der Waals surface area contributed by atoms with E-state index in [1.165, 1.54) is 0 Å². The SMILES string of the molecule is Cn1c(C(=O)O)cn2c3cccc(C(C)(C)C)c3nc12. The molecule has 0 aliphatic carbocycles. The van der Waals surface area contributed by atoms with Gasteiger partial charge in [0.05, 0.1) is 11.0 Å². The fourth-order valence-electron chi connectivity index (χ4n) is 2.59. The van der Waals surface area contributed by atoms with Crippen LogP contribution in [0.1, 0.15) is 36.8 Å². The summed E-state index contributed by atoms with van der Waals surface area (Å²) in [6.07, 6.45) is 1.62. The summed E-state index contributed by atoms with van der Waals surface area (Å²) in [6, 6.07) is 6.04. The lowest BCUT2D eigenvalue weighted by molar-refractivity contribution is 0.0687. The quantitative estimate of drug-likeness (QED) is 0.740. The molecule has 1 aromatic carbocycles. The van der Waals surface area contributed by atoms with Crippen molar-refractivity contribution in [2.75, 3.05) is 0 Å². The van der Waals surface area contributed by atoms with E-state index in [4.69, 9.17) is 0 Å². The second-order valence-electron chi connectivity index (χ2n) is 6.08.